The highest BCUT2D eigenvalue weighted by molar-refractivity contribution is 5.87. The first-order valence-corrected chi connectivity index (χ1v) is 6.01. The molecule has 2 aromatic rings. The van der Waals surface area contributed by atoms with Crippen molar-refractivity contribution < 1.29 is 15.0 Å². The number of carbonyl (C=O) groups excluding carboxylic acids is 1. The van der Waals surface area contributed by atoms with Gasteiger partial charge in [-0.1, -0.05) is 24.3 Å². The molecule has 0 unspecified atom stereocenters. The van der Waals surface area contributed by atoms with Gasteiger partial charge in [-0.25, -0.2) is 0 Å². The van der Waals surface area contributed by atoms with Crippen LogP contribution in [0.15, 0.2) is 36.4 Å². The van der Waals surface area contributed by atoms with Gasteiger partial charge >= 0.3 is 0 Å². The second-order valence-electron chi connectivity index (χ2n) is 4.24. The first kappa shape index (κ1) is 18.2. The highest BCUT2D eigenvalue weighted by atomic mass is 35.5. The third-order valence-corrected chi connectivity index (χ3v) is 2.95. The van der Waals surface area contributed by atoms with Gasteiger partial charge in [0.25, 0.3) is 0 Å². The average Bonchev–Trinajstić information content (AvgIpc) is 2.38. The Labute approximate surface area is 124 Å². The van der Waals surface area contributed by atoms with Gasteiger partial charge in [-0.2, -0.15) is 0 Å². The van der Waals surface area contributed by atoms with E-state index in [1.807, 2.05) is 18.2 Å². The van der Waals surface area contributed by atoms with Gasteiger partial charge in [0.1, 0.15) is 5.75 Å². The molecular formula is C15H20ClNO3. The van der Waals surface area contributed by atoms with Crippen LogP contribution < -0.4 is 10.1 Å². The molecule has 5 heteroatoms. The van der Waals surface area contributed by atoms with Crippen molar-refractivity contribution in [2.24, 2.45) is 0 Å². The number of hydrogen-bond acceptors (Lipinski definition) is 2. The third-order valence-electron chi connectivity index (χ3n) is 2.95. The fourth-order valence-electron chi connectivity index (χ4n) is 2.03. The van der Waals surface area contributed by atoms with Crippen LogP contribution in [-0.2, 0) is 11.2 Å². The maximum atomic E-state index is 10.9. The van der Waals surface area contributed by atoms with E-state index in [0.717, 1.165) is 12.2 Å². The number of ether oxygens (including phenoxy) is 1. The largest absolute Gasteiger partial charge is 0.497 e. The molecule has 0 radical (unpaired) electrons. The molecule has 1 amide bonds. The molecule has 0 saturated carbocycles. The molecular weight excluding hydrogens is 278 g/mol. The fourth-order valence-corrected chi connectivity index (χ4v) is 2.03. The van der Waals surface area contributed by atoms with Crippen LogP contribution >= 0.6 is 12.4 Å². The predicted molar refractivity (Wildman–Crippen MR) is 83.7 cm³/mol. The van der Waals surface area contributed by atoms with E-state index in [2.05, 4.69) is 23.5 Å². The van der Waals surface area contributed by atoms with Gasteiger partial charge in [0.15, 0.2) is 0 Å². The monoisotopic (exact) mass is 297 g/mol. The molecule has 0 aliphatic rings. The molecule has 0 saturated heterocycles. The minimum Gasteiger partial charge on any atom is -0.497 e. The summed E-state index contributed by atoms with van der Waals surface area (Å²) in [5.41, 5.74) is 1.22. The molecule has 110 valence electrons. The number of hydrogen-bond donors (Lipinski definition) is 1. The number of carbonyl (C=O) groups is 1. The summed E-state index contributed by atoms with van der Waals surface area (Å²) in [7, 11) is 1.67. The van der Waals surface area contributed by atoms with Gasteiger partial charge < -0.3 is 15.5 Å². The summed E-state index contributed by atoms with van der Waals surface area (Å²) >= 11 is 0. The zero-order chi connectivity index (χ0) is 13.0. The number of nitrogens with one attached hydrogen (secondary N) is 1. The van der Waals surface area contributed by atoms with Crippen molar-refractivity contribution in [2.75, 3.05) is 13.7 Å². The van der Waals surface area contributed by atoms with Crippen molar-refractivity contribution in [3.63, 3.8) is 0 Å². The lowest BCUT2D eigenvalue weighted by molar-refractivity contribution is -0.118. The molecule has 20 heavy (non-hydrogen) atoms. The lowest BCUT2D eigenvalue weighted by Gasteiger charge is -2.08. The fraction of sp³-hybridized carbons (Fsp3) is 0.267. The Hall–Kier alpha value is -1.78. The lowest BCUT2D eigenvalue weighted by atomic mass is 10.0. The SMILES string of the molecule is COc1ccc2cccc(CCNC(C)=O)c2c1.Cl.O. The molecule has 2 rings (SSSR count). The Morgan fingerprint density at radius 3 is 2.65 bits per heavy atom. The molecule has 0 fully saturated rings. The minimum atomic E-state index is 0. The lowest BCUT2D eigenvalue weighted by Crippen LogP contribution is -2.22. The molecule has 0 heterocycles. The molecule has 2 aromatic carbocycles. The van der Waals surface area contributed by atoms with Crippen molar-refractivity contribution in [1.82, 2.24) is 5.32 Å². The summed E-state index contributed by atoms with van der Waals surface area (Å²) in [4.78, 5) is 10.9. The maximum Gasteiger partial charge on any atom is 0.216 e. The Morgan fingerprint density at radius 1 is 1.25 bits per heavy atom. The van der Waals surface area contributed by atoms with Crippen molar-refractivity contribution in [1.29, 1.82) is 0 Å². The van der Waals surface area contributed by atoms with Crippen LogP contribution in [0.25, 0.3) is 10.8 Å². The van der Waals surface area contributed by atoms with E-state index in [1.165, 1.54) is 23.3 Å². The number of amides is 1. The van der Waals surface area contributed by atoms with Crippen LogP contribution in [0.3, 0.4) is 0 Å². The van der Waals surface area contributed by atoms with Crippen molar-refractivity contribution >= 4 is 29.1 Å². The van der Waals surface area contributed by atoms with Crippen molar-refractivity contribution in [2.45, 2.75) is 13.3 Å². The van der Waals surface area contributed by atoms with Gasteiger partial charge in [-0.15, -0.1) is 12.4 Å². The number of rotatable bonds is 4. The Balaban J connectivity index is 0.00000180. The van der Waals surface area contributed by atoms with Crippen LogP contribution in [0.5, 0.6) is 5.75 Å². The van der Waals surface area contributed by atoms with Gasteiger partial charge in [-0.05, 0) is 34.9 Å². The normalized spacial score (nSPS) is 9.30. The minimum absolute atomic E-state index is 0. The zero-order valence-corrected chi connectivity index (χ0v) is 12.4. The highest BCUT2D eigenvalue weighted by Gasteiger charge is 2.03. The molecule has 3 N–H and O–H groups in total. The molecule has 4 nitrogen and oxygen atoms in total. The molecule has 0 aliphatic carbocycles. The zero-order valence-electron chi connectivity index (χ0n) is 11.6. The van der Waals surface area contributed by atoms with Gasteiger partial charge in [-0.3, -0.25) is 4.79 Å². The van der Waals surface area contributed by atoms with Crippen LogP contribution in [0.4, 0.5) is 0 Å². The quantitative estimate of drug-likeness (QED) is 0.939. The number of halogens is 1. The highest BCUT2D eigenvalue weighted by Crippen LogP contribution is 2.24. The Kier molecular flexibility index (Phi) is 7.65. The second-order valence-corrected chi connectivity index (χ2v) is 4.24. The molecule has 0 atom stereocenters. The summed E-state index contributed by atoms with van der Waals surface area (Å²) in [6.45, 7) is 2.19. The van der Waals surface area contributed by atoms with Crippen LogP contribution in [0.1, 0.15) is 12.5 Å². The van der Waals surface area contributed by atoms with Crippen molar-refractivity contribution in [3.8, 4) is 5.75 Å². The van der Waals surface area contributed by atoms with E-state index in [0.29, 0.717) is 6.54 Å². The van der Waals surface area contributed by atoms with E-state index in [9.17, 15) is 4.79 Å². The summed E-state index contributed by atoms with van der Waals surface area (Å²) in [5, 5.41) is 5.19. The number of fused-ring (bicyclic) bond motifs is 1. The predicted octanol–water partition coefficient (Wildman–Crippen LogP) is 2.12. The second kappa shape index (κ2) is 8.40. The summed E-state index contributed by atoms with van der Waals surface area (Å²) in [5.74, 6) is 0.863. The maximum absolute atomic E-state index is 10.9. The molecule has 0 spiro atoms. The first-order chi connectivity index (χ1) is 8.70. The van der Waals surface area contributed by atoms with E-state index in [4.69, 9.17) is 4.74 Å². The standard InChI is InChI=1S/C15H17NO2.ClH.H2O/c1-11(17)16-9-8-13-5-3-4-12-6-7-14(18-2)10-15(12)13;;/h3-7,10H,8-9H2,1-2H3,(H,16,17);1H;1H2. The summed E-state index contributed by atoms with van der Waals surface area (Å²) in [6, 6.07) is 12.3. The molecule has 0 aromatic heterocycles. The molecule has 0 bridgehead atoms. The van der Waals surface area contributed by atoms with E-state index >= 15 is 0 Å². The van der Waals surface area contributed by atoms with Gasteiger partial charge in [0.2, 0.25) is 5.91 Å². The Bertz CT molecular complexity index is 572. The number of benzene rings is 2. The van der Waals surface area contributed by atoms with Crippen molar-refractivity contribution in [3.05, 3.63) is 42.0 Å². The smallest absolute Gasteiger partial charge is 0.216 e. The Morgan fingerprint density at radius 2 is 2.00 bits per heavy atom. The topological polar surface area (TPSA) is 69.8 Å². The van der Waals surface area contributed by atoms with Gasteiger partial charge in [0, 0.05) is 13.5 Å². The van der Waals surface area contributed by atoms with E-state index in [1.54, 1.807) is 7.11 Å². The third kappa shape index (κ3) is 4.40. The summed E-state index contributed by atoms with van der Waals surface area (Å²) < 4.78 is 5.25. The van der Waals surface area contributed by atoms with Crippen LogP contribution in [-0.4, -0.2) is 25.0 Å². The van der Waals surface area contributed by atoms with Gasteiger partial charge in [0.05, 0.1) is 7.11 Å². The average molecular weight is 298 g/mol. The van der Waals surface area contributed by atoms with Crippen LogP contribution in [0, 0.1) is 0 Å². The first-order valence-electron chi connectivity index (χ1n) is 6.01. The van der Waals surface area contributed by atoms with E-state index < -0.39 is 0 Å². The molecule has 0 aliphatic heterocycles. The van der Waals surface area contributed by atoms with E-state index in [-0.39, 0.29) is 23.8 Å². The van der Waals surface area contributed by atoms with Crippen LogP contribution in [0.2, 0.25) is 0 Å². The number of methoxy groups -OCH3 is 1. The summed E-state index contributed by atoms with van der Waals surface area (Å²) in [6.07, 6.45) is 0.823.